The van der Waals surface area contributed by atoms with E-state index in [0.717, 1.165) is 48.7 Å². The molecule has 110 valence electrons. The molecule has 2 fully saturated rings. The molecule has 0 unspecified atom stereocenters. The molecule has 2 heterocycles. The van der Waals surface area contributed by atoms with Crippen molar-refractivity contribution in [3.63, 3.8) is 0 Å². The molecule has 1 saturated carbocycles. The van der Waals surface area contributed by atoms with Crippen LogP contribution in [0.5, 0.6) is 0 Å². The van der Waals surface area contributed by atoms with E-state index in [2.05, 4.69) is 26.9 Å². The molecule has 1 aliphatic heterocycles. The zero-order chi connectivity index (χ0) is 14.2. The number of hydrogen-bond acceptors (Lipinski definition) is 4. The van der Waals surface area contributed by atoms with Crippen molar-refractivity contribution in [2.45, 2.75) is 12.8 Å². The molecule has 0 bridgehead atoms. The molecule has 0 spiro atoms. The number of pyridine rings is 1. The Morgan fingerprint density at radius 1 is 1.10 bits per heavy atom. The fourth-order valence-electron chi connectivity index (χ4n) is 3.27. The molecule has 1 aliphatic carbocycles. The first kappa shape index (κ1) is 12.9. The van der Waals surface area contributed by atoms with Gasteiger partial charge < -0.3 is 10.6 Å². The maximum Gasteiger partial charge on any atom is 0.0955 e. The van der Waals surface area contributed by atoms with Crippen LogP contribution in [0, 0.1) is 5.92 Å². The zero-order valence-electron chi connectivity index (χ0n) is 12.3. The lowest BCUT2D eigenvalue weighted by Gasteiger charge is -2.36. The Kier molecular flexibility index (Phi) is 3.19. The number of aromatic nitrogens is 1. The highest BCUT2D eigenvalue weighted by Crippen LogP contribution is 2.32. The third-order valence-electron chi connectivity index (χ3n) is 4.71. The van der Waals surface area contributed by atoms with E-state index in [4.69, 9.17) is 5.73 Å². The van der Waals surface area contributed by atoms with Gasteiger partial charge in [-0.3, -0.25) is 9.88 Å². The van der Waals surface area contributed by atoms with Crippen LogP contribution >= 0.6 is 0 Å². The summed E-state index contributed by atoms with van der Waals surface area (Å²) in [5, 5.41) is 1.07. The summed E-state index contributed by atoms with van der Waals surface area (Å²) in [6, 6.07) is 8.15. The van der Waals surface area contributed by atoms with E-state index in [0.29, 0.717) is 0 Å². The average molecular weight is 282 g/mol. The number of benzene rings is 1. The quantitative estimate of drug-likeness (QED) is 0.878. The predicted octanol–water partition coefficient (Wildman–Crippen LogP) is 2.35. The molecular formula is C17H22N4. The normalized spacial score (nSPS) is 20.1. The fraction of sp³-hybridized carbons (Fsp3) is 0.471. The van der Waals surface area contributed by atoms with Crippen molar-refractivity contribution in [2.75, 3.05) is 43.4 Å². The van der Waals surface area contributed by atoms with Gasteiger partial charge in [0.15, 0.2) is 0 Å². The van der Waals surface area contributed by atoms with Crippen LogP contribution in [0.4, 0.5) is 11.4 Å². The summed E-state index contributed by atoms with van der Waals surface area (Å²) in [6.07, 6.45) is 4.73. The largest absolute Gasteiger partial charge is 0.398 e. The lowest BCUT2D eigenvalue weighted by Crippen LogP contribution is -2.47. The van der Waals surface area contributed by atoms with Gasteiger partial charge in [0, 0.05) is 50.0 Å². The summed E-state index contributed by atoms with van der Waals surface area (Å²) >= 11 is 0. The summed E-state index contributed by atoms with van der Waals surface area (Å²) in [5.41, 5.74) is 9.15. The minimum Gasteiger partial charge on any atom is -0.398 e. The molecule has 4 rings (SSSR count). The number of anilines is 2. The smallest absolute Gasteiger partial charge is 0.0955 e. The van der Waals surface area contributed by atoms with E-state index in [1.54, 1.807) is 0 Å². The molecule has 0 atom stereocenters. The molecule has 2 aliphatic rings. The summed E-state index contributed by atoms with van der Waals surface area (Å²) < 4.78 is 0. The lowest BCUT2D eigenvalue weighted by molar-refractivity contribution is 0.248. The Balaban J connectivity index is 1.55. The first-order valence-electron chi connectivity index (χ1n) is 7.92. The number of nitrogens with zero attached hydrogens (tertiary/aromatic N) is 3. The van der Waals surface area contributed by atoms with Crippen molar-refractivity contribution in [2.24, 2.45) is 5.92 Å². The van der Waals surface area contributed by atoms with Crippen LogP contribution in [0.3, 0.4) is 0 Å². The van der Waals surface area contributed by atoms with Gasteiger partial charge in [0.05, 0.1) is 11.2 Å². The minimum absolute atomic E-state index is 0.814. The molecule has 1 aromatic carbocycles. The Bertz CT molecular complexity index is 642. The number of rotatable bonds is 3. The Morgan fingerprint density at radius 3 is 2.67 bits per heavy atom. The van der Waals surface area contributed by atoms with E-state index in [9.17, 15) is 0 Å². The van der Waals surface area contributed by atoms with Crippen molar-refractivity contribution in [3.05, 3.63) is 30.5 Å². The second-order valence-corrected chi connectivity index (χ2v) is 6.30. The third kappa shape index (κ3) is 2.56. The first-order chi connectivity index (χ1) is 10.3. The third-order valence-corrected chi connectivity index (χ3v) is 4.71. The Morgan fingerprint density at radius 2 is 1.90 bits per heavy atom. The maximum atomic E-state index is 6.07. The number of hydrogen-bond donors (Lipinski definition) is 1. The van der Waals surface area contributed by atoms with Crippen molar-refractivity contribution in [1.29, 1.82) is 0 Å². The van der Waals surface area contributed by atoms with Gasteiger partial charge in [-0.05, 0) is 43.0 Å². The monoisotopic (exact) mass is 282 g/mol. The van der Waals surface area contributed by atoms with Crippen molar-refractivity contribution >= 4 is 22.3 Å². The summed E-state index contributed by atoms with van der Waals surface area (Å²) in [5.74, 6) is 0.982. The number of fused-ring (bicyclic) bond motifs is 1. The number of piperazine rings is 1. The van der Waals surface area contributed by atoms with Crippen LogP contribution in [0.15, 0.2) is 30.5 Å². The van der Waals surface area contributed by atoms with Crippen LogP contribution < -0.4 is 10.6 Å². The molecule has 0 radical (unpaired) electrons. The molecule has 1 aromatic heterocycles. The average Bonchev–Trinajstić information content (AvgIpc) is 3.33. The van der Waals surface area contributed by atoms with Gasteiger partial charge in [-0.15, -0.1) is 0 Å². The summed E-state index contributed by atoms with van der Waals surface area (Å²) in [4.78, 5) is 9.63. The van der Waals surface area contributed by atoms with Gasteiger partial charge in [-0.25, -0.2) is 0 Å². The van der Waals surface area contributed by atoms with Crippen LogP contribution in [0.1, 0.15) is 12.8 Å². The Labute approximate surface area is 125 Å². The highest BCUT2D eigenvalue weighted by Gasteiger charge is 2.26. The van der Waals surface area contributed by atoms with Crippen molar-refractivity contribution in [3.8, 4) is 0 Å². The second-order valence-electron chi connectivity index (χ2n) is 6.30. The lowest BCUT2D eigenvalue weighted by atomic mass is 10.1. The van der Waals surface area contributed by atoms with Crippen LogP contribution in [0.25, 0.3) is 10.9 Å². The molecule has 0 amide bonds. The van der Waals surface area contributed by atoms with Gasteiger partial charge in [-0.2, -0.15) is 0 Å². The number of nitrogen functional groups attached to an aromatic ring is 1. The van der Waals surface area contributed by atoms with E-state index >= 15 is 0 Å². The topological polar surface area (TPSA) is 45.4 Å². The minimum atomic E-state index is 0.814. The highest BCUT2D eigenvalue weighted by molar-refractivity contribution is 5.98. The number of nitrogens with two attached hydrogens (primary N) is 1. The van der Waals surface area contributed by atoms with E-state index in [1.165, 1.54) is 25.1 Å². The zero-order valence-corrected chi connectivity index (χ0v) is 12.3. The predicted molar refractivity (Wildman–Crippen MR) is 87.5 cm³/mol. The van der Waals surface area contributed by atoms with Crippen molar-refractivity contribution < 1.29 is 0 Å². The fourth-order valence-corrected chi connectivity index (χ4v) is 3.27. The SMILES string of the molecule is Nc1ccc(N2CCN(CC3CC3)CC2)c2ncccc12. The van der Waals surface area contributed by atoms with Crippen molar-refractivity contribution in [1.82, 2.24) is 9.88 Å². The van der Waals surface area contributed by atoms with Gasteiger partial charge in [0.25, 0.3) is 0 Å². The van der Waals surface area contributed by atoms with Gasteiger partial charge in [0.2, 0.25) is 0 Å². The molecular weight excluding hydrogens is 260 g/mol. The standard InChI is InChI=1S/C17H22N4/c18-15-5-6-16(17-14(15)2-1-7-19-17)21-10-8-20(9-11-21)12-13-3-4-13/h1-2,5-7,13H,3-4,8-12,18H2. The molecule has 2 N–H and O–H groups in total. The van der Waals surface area contributed by atoms with Gasteiger partial charge in [0.1, 0.15) is 0 Å². The van der Waals surface area contributed by atoms with Crippen LogP contribution in [-0.4, -0.2) is 42.6 Å². The van der Waals surface area contributed by atoms with E-state index in [-0.39, 0.29) is 0 Å². The van der Waals surface area contributed by atoms with Crippen LogP contribution in [0.2, 0.25) is 0 Å². The Hall–Kier alpha value is -1.81. The molecule has 4 nitrogen and oxygen atoms in total. The summed E-state index contributed by atoms with van der Waals surface area (Å²) in [6.45, 7) is 5.80. The molecule has 21 heavy (non-hydrogen) atoms. The maximum absolute atomic E-state index is 6.07. The molecule has 1 saturated heterocycles. The van der Waals surface area contributed by atoms with E-state index in [1.807, 2.05) is 18.3 Å². The second kappa shape index (κ2) is 5.19. The molecule has 2 aromatic rings. The molecule has 4 heteroatoms. The van der Waals surface area contributed by atoms with E-state index < -0.39 is 0 Å². The van der Waals surface area contributed by atoms with Gasteiger partial charge in [-0.1, -0.05) is 0 Å². The first-order valence-corrected chi connectivity index (χ1v) is 7.92. The van der Waals surface area contributed by atoms with Gasteiger partial charge >= 0.3 is 0 Å². The summed E-state index contributed by atoms with van der Waals surface area (Å²) in [7, 11) is 0. The highest BCUT2D eigenvalue weighted by atomic mass is 15.3. The van der Waals surface area contributed by atoms with Crippen LogP contribution in [-0.2, 0) is 0 Å².